The topological polar surface area (TPSA) is 63.7 Å². The largest absolute Gasteiger partial charge is 0.491 e. The number of amides is 1. The minimum Gasteiger partial charge on any atom is -0.491 e. The second-order valence-electron chi connectivity index (χ2n) is 8.09. The normalized spacial score (nSPS) is 17.7. The molecule has 31 heavy (non-hydrogen) atoms. The number of hydrogen-bond acceptors (Lipinski definition) is 4. The average molecular weight is 484 g/mol. The Balaban J connectivity index is 1.93. The molecule has 1 atom stereocenters. The second kappa shape index (κ2) is 9.80. The van der Waals surface area contributed by atoms with E-state index in [1.807, 2.05) is 31.2 Å². The van der Waals surface area contributed by atoms with Crippen LogP contribution < -0.4 is 4.74 Å². The summed E-state index contributed by atoms with van der Waals surface area (Å²) in [7, 11) is -3.16. The highest BCUT2D eigenvalue weighted by atomic mass is 35.5. The number of carbonyl (C=O) groups excluding carboxylic acids is 1. The third-order valence-corrected chi connectivity index (χ3v) is 7.76. The minimum atomic E-state index is -3.16. The molecule has 3 rings (SSSR count). The number of ether oxygens (including phenoxy) is 1. The Bertz CT molecular complexity index is 1030. The van der Waals surface area contributed by atoms with Gasteiger partial charge in [-0.15, -0.1) is 0 Å². The Labute approximate surface area is 194 Å². The summed E-state index contributed by atoms with van der Waals surface area (Å²) in [4.78, 5) is 15.1. The van der Waals surface area contributed by atoms with Crippen molar-refractivity contribution in [3.05, 3.63) is 63.1 Å². The Kier molecular flexibility index (Phi) is 7.55. The number of hydrogen-bond donors (Lipinski definition) is 0. The van der Waals surface area contributed by atoms with Gasteiger partial charge in [-0.1, -0.05) is 61.3 Å². The van der Waals surface area contributed by atoms with Crippen LogP contribution in [0.15, 0.2) is 36.4 Å². The van der Waals surface area contributed by atoms with Crippen LogP contribution in [0.1, 0.15) is 54.6 Å². The van der Waals surface area contributed by atoms with Crippen LogP contribution in [0.25, 0.3) is 0 Å². The summed E-state index contributed by atoms with van der Waals surface area (Å²) in [5, 5.41) is 0.496. The summed E-state index contributed by atoms with van der Waals surface area (Å²) in [6.07, 6.45) is 0.413. The van der Waals surface area contributed by atoms with Crippen molar-refractivity contribution in [2.24, 2.45) is 0 Å². The molecule has 5 nitrogen and oxygen atoms in total. The summed E-state index contributed by atoms with van der Waals surface area (Å²) in [5.41, 5.74) is 2.45. The average Bonchev–Trinajstić information content (AvgIpc) is 3.08. The lowest BCUT2D eigenvalue weighted by Crippen LogP contribution is -2.40. The van der Waals surface area contributed by atoms with Gasteiger partial charge in [0.1, 0.15) is 0 Å². The van der Waals surface area contributed by atoms with E-state index in [4.69, 9.17) is 27.9 Å². The molecule has 1 heterocycles. The van der Waals surface area contributed by atoms with Crippen molar-refractivity contribution >= 4 is 38.9 Å². The molecule has 0 aliphatic carbocycles. The van der Waals surface area contributed by atoms with Gasteiger partial charge in [0.05, 0.1) is 28.2 Å². The van der Waals surface area contributed by atoms with Crippen molar-refractivity contribution in [3.63, 3.8) is 0 Å². The van der Waals surface area contributed by atoms with Gasteiger partial charge in [-0.25, -0.2) is 8.42 Å². The molecule has 0 unspecified atom stereocenters. The molecule has 0 radical (unpaired) electrons. The zero-order valence-corrected chi connectivity index (χ0v) is 20.2. The van der Waals surface area contributed by atoms with Gasteiger partial charge >= 0.3 is 0 Å². The van der Waals surface area contributed by atoms with Crippen LogP contribution in [-0.2, 0) is 16.4 Å². The highest BCUT2D eigenvalue weighted by molar-refractivity contribution is 7.91. The predicted octanol–water partition coefficient (Wildman–Crippen LogP) is 5.35. The number of halogens is 2. The van der Waals surface area contributed by atoms with Gasteiger partial charge < -0.3 is 9.64 Å². The first-order valence-corrected chi connectivity index (χ1v) is 12.9. The maximum atomic E-state index is 13.5. The standard InChI is InChI=1S/C23H27Cl2NO4S/c1-4-30-22-20(24)11-18(12-21(22)25)23(27)26(19-9-10-31(28,29)14-19)13-16-5-7-17(8-6-16)15(2)3/h5-8,11-12,15,19H,4,9-10,13-14H2,1-3H3/t19-/m0/s1. The van der Waals surface area contributed by atoms with Crippen LogP contribution in [0.3, 0.4) is 0 Å². The fourth-order valence-electron chi connectivity index (χ4n) is 3.72. The molecule has 1 saturated heterocycles. The summed E-state index contributed by atoms with van der Waals surface area (Å²) in [6, 6.07) is 10.7. The van der Waals surface area contributed by atoms with Gasteiger partial charge in [-0.05, 0) is 42.5 Å². The van der Waals surface area contributed by atoms with E-state index in [0.29, 0.717) is 36.8 Å². The minimum absolute atomic E-state index is 0.0404. The maximum absolute atomic E-state index is 13.5. The molecule has 8 heteroatoms. The van der Waals surface area contributed by atoms with Crippen molar-refractivity contribution in [2.45, 2.75) is 45.7 Å². The summed E-state index contributed by atoms with van der Waals surface area (Å²) in [5.74, 6) is 0.475. The number of rotatable bonds is 7. The molecule has 1 fully saturated rings. The predicted molar refractivity (Wildman–Crippen MR) is 125 cm³/mol. The smallest absolute Gasteiger partial charge is 0.254 e. The zero-order chi connectivity index (χ0) is 22.8. The first-order chi connectivity index (χ1) is 14.6. The monoisotopic (exact) mass is 483 g/mol. The molecule has 0 bridgehead atoms. The van der Waals surface area contributed by atoms with Gasteiger partial charge in [0.25, 0.3) is 5.91 Å². The van der Waals surface area contributed by atoms with Crippen molar-refractivity contribution in [2.75, 3.05) is 18.1 Å². The maximum Gasteiger partial charge on any atom is 0.254 e. The van der Waals surface area contributed by atoms with Crippen molar-refractivity contribution in [1.29, 1.82) is 0 Å². The fraction of sp³-hybridized carbons (Fsp3) is 0.435. The van der Waals surface area contributed by atoms with Crippen molar-refractivity contribution in [3.8, 4) is 5.75 Å². The lowest BCUT2D eigenvalue weighted by Gasteiger charge is -2.29. The molecule has 1 aliphatic rings. The van der Waals surface area contributed by atoms with Gasteiger partial charge in [0.15, 0.2) is 15.6 Å². The molecule has 1 aliphatic heterocycles. The SMILES string of the molecule is CCOc1c(Cl)cc(C(=O)N(Cc2ccc(C(C)C)cc2)[C@H]2CCS(=O)(=O)C2)cc1Cl. The van der Waals surface area contributed by atoms with Crippen molar-refractivity contribution in [1.82, 2.24) is 4.90 Å². The first-order valence-electron chi connectivity index (χ1n) is 10.3. The Morgan fingerprint density at radius 2 is 1.77 bits per heavy atom. The molecule has 0 saturated carbocycles. The summed E-state index contributed by atoms with van der Waals surface area (Å²) < 4.78 is 29.7. The van der Waals surface area contributed by atoms with E-state index in [1.165, 1.54) is 17.7 Å². The van der Waals surface area contributed by atoms with E-state index >= 15 is 0 Å². The molecule has 0 aromatic heterocycles. The molecule has 0 N–H and O–H groups in total. The third kappa shape index (κ3) is 5.73. The Morgan fingerprint density at radius 1 is 1.16 bits per heavy atom. The Morgan fingerprint density at radius 3 is 2.26 bits per heavy atom. The lowest BCUT2D eigenvalue weighted by atomic mass is 10.0. The van der Waals surface area contributed by atoms with E-state index in [-0.39, 0.29) is 27.5 Å². The zero-order valence-electron chi connectivity index (χ0n) is 17.9. The van der Waals surface area contributed by atoms with Crippen LogP contribution in [0.4, 0.5) is 0 Å². The third-order valence-electron chi connectivity index (χ3n) is 5.44. The number of nitrogens with zero attached hydrogens (tertiary/aromatic N) is 1. The van der Waals surface area contributed by atoms with Gasteiger partial charge in [0.2, 0.25) is 0 Å². The van der Waals surface area contributed by atoms with Crippen LogP contribution in [0, 0.1) is 0 Å². The van der Waals surface area contributed by atoms with E-state index in [0.717, 1.165) is 5.56 Å². The summed E-state index contributed by atoms with van der Waals surface area (Å²) in [6.45, 7) is 6.75. The van der Waals surface area contributed by atoms with Crippen LogP contribution in [0.5, 0.6) is 5.75 Å². The molecular formula is C23H27Cl2NO4S. The van der Waals surface area contributed by atoms with E-state index in [1.54, 1.807) is 4.90 Å². The Hall–Kier alpha value is -1.76. The van der Waals surface area contributed by atoms with Gasteiger partial charge in [-0.2, -0.15) is 0 Å². The van der Waals surface area contributed by atoms with Crippen LogP contribution in [-0.4, -0.2) is 43.4 Å². The summed E-state index contributed by atoms with van der Waals surface area (Å²) >= 11 is 12.6. The van der Waals surface area contributed by atoms with Crippen LogP contribution in [0.2, 0.25) is 10.0 Å². The molecule has 2 aromatic rings. The van der Waals surface area contributed by atoms with Crippen LogP contribution >= 0.6 is 23.2 Å². The highest BCUT2D eigenvalue weighted by Gasteiger charge is 2.35. The number of carbonyl (C=O) groups is 1. The first kappa shape index (κ1) is 23.9. The quantitative estimate of drug-likeness (QED) is 0.532. The molecule has 0 spiro atoms. The van der Waals surface area contributed by atoms with Crippen molar-refractivity contribution < 1.29 is 17.9 Å². The molecule has 168 valence electrons. The number of sulfone groups is 1. The highest BCUT2D eigenvalue weighted by Crippen LogP contribution is 2.35. The van der Waals surface area contributed by atoms with E-state index in [9.17, 15) is 13.2 Å². The second-order valence-corrected chi connectivity index (χ2v) is 11.1. The van der Waals surface area contributed by atoms with E-state index < -0.39 is 15.9 Å². The van der Waals surface area contributed by atoms with Gasteiger partial charge in [-0.3, -0.25) is 4.79 Å². The lowest BCUT2D eigenvalue weighted by molar-refractivity contribution is 0.0681. The molecular weight excluding hydrogens is 457 g/mol. The molecule has 1 amide bonds. The fourth-order valence-corrected chi connectivity index (χ4v) is 6.05. The number of benzene rings is 2. The molecule has 2 aromatic carbocycles. The van der Waals surface area contributed by atoms with E-state index in [2.05, 4.69) is 13.8 Å². The van der Waals surface area contributed by atoms with Gasteiger partial charge in [0, 0.05) is 18.2 Å².